The fourth-order valence-electron chi connectivity index (χ4n) is 1.88. The number of nitriles is 1. The number of amides is 1. The van der Waals surface area contributed by atoms with Gasteiger partial charge in [-0.15, -0.1) is 0 Å². The zero-order valence-corrected chi connectivity index (χ0v) is 15.4. The Bertz CT molecular complexity index is 842. The number of carbonyl (C=O) groups is 1. The lowest BCUT2D eigenvalue weighted by Crippen LogP contribution is -2.13. The third-order valence-electron chi connectivity index (χ3n) is 3.05. The zero-order valence-electron chi connectivity index (χ0n) is 12.5. The van der Waals surface area contributed by atoms with Crippen molar-refractivity contribution in [2.75, 3.05) is 12.4 Å². The minimum Gasteiger partial charge on any atom is -0.504 e. The van der Waals surface area contributed by atoms with Crippen LogP contribution < -0.4 is 10.1 Å². The molecule has 1 amide bonds. The average molecular weight is 455 g/mol. The standard InChI is InChI=1S/C17H12ClIN2O3/c1-24-15-8-10(7-14(19)16(15)22)6-11(9-20)17(23)21-13-4-2-12(18)3-5-13/h2-8,22H,1H3,(H,21,23)/b11-6+. The predicted octanol–water partition coefficient (Wildman–Crippen LogP) is 4.20. The van der Waals surface area contributed by atoms with E-state index in [1.165, 1.54) is 13.2 Å². The Morgan fingerprint density at radius 3 is 2.62 bits per heavy atom. The van der Waals surface area contributed by atoms with Crippen molar-refractivity contribution in [2.45, 2.75) is 0 Å². The summed E-state index contributed by atoms with van der Waals surface area (Å²) in [6.07, 6.45) is 1.43. The molecule has 0 aliphatic rings. The smallest absolute Gasteiger partial charge is 0.266 e. The molecule has 122 valence electrons. The average Bonchev–Trinajstić information content (AvgIpc) is 2.57. The fourth-order valence-corrected chi connectivity index (χ4v) is 2.63. The largest absolute Gasteiger partial charge is 0.504 e. The van der Waals surface area contributed by atoms with Gasteiger partial charge >= 0.3 is 0 Å². The van der Waals surface area contributed by atoms with Gasteiger partial charge in [0.1, 0.15) is 11.6 Å². The molecule has 0 aliphatic carbocycles. The SMILES string of the molecule is COc1cc(/C=C(\C#N)C(=O)Nc2ccc(Cl)cc2)cc(I)c1O. The summed E-state index contributed by atoms with van der Waals surface area (Å²) >= 11 is 7.73. The Morgan fingerprint density at radius 2 is 2.04 bits per heavy atom. The highest BCUT2D eigenvalue weighted by Crippen LogP contribution is 2.33. The molecule has 5 nitrogen and oxygen atoms in total. The third-order valence-corrected chi connectivity index (χ3v) is 4.12. The number of phenols is 1. The topological polar surface area (TPSA) is 82.3 Å². The zero-order chi connectivity index (χ0) is 17.7. The number of benzene rings is 2. The first-order valence-corrected chi connectivity index (χ1v) is 8.15. The Hall–Kier alpha value is -2.24. The summed E-state index contributed by atoms with van der Waals surface area (Å²) in [5.74, 6) is -0.259. The van der Waals surface area contributed by atoms with Gasteiger partial charge in [0.2, 0.25) is 0 Å². The summed E-state index contributed by atoms with van der Waals surface area (Å²) in [5, 5.41) is 22.3. The van der Waals surface area contributed by atoms with Crippen LogP contribution in [-0.2, 0) is 4.79 Å². The van der Waals surface area contributed by atoms with E-state index in [0.717, 1.165) is 0 Å². The first-order valence-electron chi connectivity index (χ1n) is 6.70. The first-order chi connectivity index (χ1) is 11.4. The molecule has 0 heterocycles. The summed E-state index contributed by atoms with van der Waals surface area (Å²) in [5.41, 5.74) is 1.02. The quantitative estimate of drug-likeness (QED) is 0.412. The first kappa shape index (κ1) is 18.1. The van der Waals surface area contributed by atoms with Crippen molar-refractivity contribution >= 4 is 51.9 Å². The molecule has 0 aromatic heterocycles. The molecule has 7 heteroatoms. The number of hydrogen-bond acceptors (Lipinski definition) is 4. The third kappa shape index (κ3) is 4.40. The molecule has 0 unspecified atom stereocenters. The molecule has 0 spiro atoms. The van der Waals surface area contributed by atoms with E-state index >= 15 is 0 Å². The van der Waals surface area contributed by atoms with E-state index < -0.39 is 5.91 Å². The lowest BCUT2D eigenvalue weighted by Gasteiger charge is -2.07. The summed E-state index contributed by atoms with van der Waals surface area (Å²) in [4.78, 5) is 12.2. The summed E-state index contributed by atoms with van der Waals surface area (Å²) in [6, 6.07) is 11.6. The van der Waals surface area contributed by atoms with Crippen molar-refractivity contribution in [3.8, 4) is 17.6 Å². The van der Waals surface area contributed by atoms with E-state index in [1.807, 2.05) is 28.7 Å². The minimum atomic E-state index is -0.540. The number of anilines is 1. The highest BCUT2D eigenvalue weighted by atomic mass is 127. The van der Waals surface area contributed by atoms with E-state index in [9.17, 15) is 15.2 Å². The van der Waals surface area contributed by atoms with Crippen LogP contribution in [0.2, 0.25) is 5.02 Å². The van der Waals surface area contributed by atoms with Crippen molar-refractivity contribution in [2.24, 2.45) is 0 Å². The number of hydrogen-bond donors (Lipinski definition) is 2. The van der Waals surface area contributed by atoms with Gasteiger partial charge in [-0.25, -0.2) is 0 Å². The Kier molecular flexibility index (Phi) is 6.06. The normalized spacial score (nSPS) is 10.8. The number of carbonyl (C=O) groups excluding carboxylic acids is 1. The van der Waals surface area contributed by atoms with E-state index in [2.05, 4.69) is 5.32 Å². The van der Waals surface area contributed by atoms with E-state index in [1.54, 1.807) is 36.4 Å². The molecular weight excluding hydrogens is 443 g/mol. The predicted molar refractivity (Wildman–Crippen MR) is 101 cm³/mol. The number of methoxy groups -OCH3 is 1. The van der Waals surface area contributed by atoms with Crippen LogP contribution in [0.25, 0.3) is 6.08 Å². The van der Waals surface area contributed by atoms with Crippen LogP contribution in [0, 0.1) is 14.9 Å². The molecule has 0 saturated carbocycles. The summed E-state index contributed by atoms with van der Waals surface area (Å²) < 4.78 is 5.62. The second-order valence-corrected chi connectivity index (χ2v) is 6.28. The summed E-state index contributed by atoms with van der Waals surface area (Å²) in [6.45, 7) is 0. The van der Waals surface area contributed by atoms with Crippen LogP contribution in [0.5, 0.6) is 11.5 Å². The molecule has 2 N–H and O–H groups in total. The number of halogens is 2. The van der Waals surface area contributed by atoms with Gasteiger partial charge in [-0.3, -0.25) is 4.79 Å². The van der Waals surface area contributed by atoms with E-state index in [0.29, 0.717) is 19.8 Å². The van der Waals surface area contributed by atoms with Crippen molar-refractivity contribution in [3.05, 3.63) is 56.1 Å². The lowest BCUT2D eigenvalue weighted by molar-refractivity contribution is -0.112. The van der Waals surface area contributed by atoms with Gasteiger partial charge in [0.05, 0.1) is 10.7 Å². The van der Waals surface area contributed by atoms with Gasteiger partial charge in [-0.05, 0) is 70.6 Å². The van der Waals surface area contributed by atoms with Crippen LogP contribution in [0.3, 0.4) is 0 Å². The fraction of sp³-hybridized carbons (Fsp3) is 0.0588. The molecule has 2 rings (SSSR count). The van der Waals surface area contributed by atoms with Gasteiger partial charge in [0.25, 0.3) is 5.91 Å². The van der Waals surface area contributed by atoms with E-state index in [4.69, 9.17) is 16.3 Å². The molecule has 0 atom stereocenters. The number of nitrogens with one attached hydrogen (secondary N) is 1. The molecule has 0 bridgehead atoms. The molecule has 0 aliphatic heterocycles. The molecular formula is C17H12ClIN2O3. The number of nitrogens with zero attached hydrogens (tertiary/aromatic N) is 1. The van der Waals surface area contributed by atoms with Gasteiger partial charge in [0, 0.05) is 10.7 Å². The highest BCUT2D eigenvalue weighted by molar-refractivity contribution is 14.1. The maximum Gasteiger partial charge on any atom is 0.266 e. The van der Waals surface area contributed by atoms with Crippen LogP contribution in [0.1, 0.15) is 5.56 Å². The summed E-state index contributed by atoms with van der Waals surface area (Å²) in [7, 11) is 1.43. The maximum atomic E-state index is 12.2. The van der Waals surface area contributed by atoms with Crippen LogP contribution in [-0.4, -0.2) is 18.1 Å². The highest BCUT2D eigenvalue weighted by Gasteiger charge is 2.12. The number of phenolic OH excluding ortho intramolecular Hbond substituents is 1. The molecule has 0 saturated heterocycles. The Balaban J connectivity index is 2.29. The Labute approximate surface area is 157 Å². The van der Waals surface area contributed by atoms with Crippen molar-refractivity contribution in [1.82, 2.24) is 0 Å². The monoisotopic (exact) mass is 454 g/mol. The minimum absolute atomic E-state index is 0.0133. The van der Waals surface area contributed by atoms with Gasteiger partial charge in [0.15, 0.2) is 11.5 Å². The number of rotatable bonds is 4. The van der Waals surface area contributed by atoms with Gasteiger partial charge < -0.3 is 15.2 Å². The second kappa shape index (κ2) is 8.04. The lowest BCUT2D eigenvalue weighted by atomic mass is 10.1. The van der Waals surface area contributed by atoms with Crippen molar-refractivity contribution in [1.29, 1.82) is 5.26 Å². The van der Waals surface area contributed by atoms with Crippen LogP contribution in [0.4, 0.5) is 5.69 Å². The molecule has 0 fully saturated rings. The number of aromatic hydroxyl groups is 1. The maximum absolute atomic E-state index is 12.2. The molecule has 24 heavy (non-hydrogen) atoms. The molecule has 2 aromatic rings. The van der Waals surface area contributed by atoms with Gasteiger partial charge in [-0.2, -0.15) is 5.26 Å². The van der Waals surface area contributed by atoms with Crippen molar-refractivity contribution in [3.63, 3.8) is 0 Å². The van der Waals surface area contributed by atoms with E-state index in [-0.39, 0.29) is 17.1 Å². The van der Waals surface area contributed by atoms with Crippen molar-refractivity contribution < 1.29 is 14.6 Å². The van der Waals surface area contributed by atoms with Crippen LogP contribution in [0.15, 0.2) is 42.0 Å². The molecule has 0 radical (unpaired) electrons. The second-order valence-electron chi connectivity index (χ2n) is 4.68. The Morgan fingerprint density at radius 1 is 1.38 bits per heavy atom. The number of ether oxygens (including phenoxy) is 1. The van der Waals surface area contributed by atoms with Gasteiger partial charge in [-0.1, -0.05) is 11.6 Å². The van der Waals surface area contributed by atoms with Crippen LogP contribution >= 0.6 is 34.2 Å². The molecule has 2 aromatic carbocycles.